The van der Waals surface area contributed by atoms with Gasteiger partial charge in [-0.2, -0.15) is 0 Å². The smallest absolute Gasteiger partial charge is 0.303 e. The first kappa shape index (κ1) is 50.0. The Morgan fingerprint density at radius 1 is 0.500 bits per heavy atom. The summed E-state index contributed by atoms with van der Waals surface area (Å²) in [7, 11) is 0. The van der Waals surface area contributed by atoms with E-state index in [9.17, 15) is 48.3 Å². The predicted octanol–water partition coefficient (Wildman–Crippen LogP) is 2.02. The van der Waals surface area contributed by atoms with Crippen LogP contribution in [0, 0.1) is 0 Å². The maximum Gasteiger partial charge on any atom is 0.303 e. The van der Waals surface area contributed by atoms with Gasteiger partial charge in [0.05, 0.1) is 0 Å². The molecular weight excluding hydrogens is 817 g/mol. The van der Waals surface area contributed by atoms with E-state index in [2.05, 4.69) is 0 Å². The third-order valence-electron chi connectivity index (χ3n) is 8.11. The SMILES string of the molecule is CC(=O)OC[C@H]1O[C@@H](SCCC(CCCCC(=O)O)S[C@@H]2O[C@H](COC(C)=O)[C@@H](OC(C)=O)[C@H](OC(C)=O)[C@H]2OC(C)=O)[C@H](OC(C)=O)[C@@H](OC(C)=O)[C@@H]1OC(C)=O. The van der Waals surface area contributed by atoms with Crippen LogP contribution in [0.5, 0.6) is 0 Å². The van der Waals surface area contributed by atoms with Gasteiger partial charge < -0.3 is 52.5 Å². The molecule has 0 aromatic heterocycles. The molecule has 1 N–H and O–H groups in total. The second kappa shape index (κ2) is 24.7. The first-order chi connectivity index (χ1) is 27.2. The van der Waals surface area contributed by atoms with Gasteiger partial charge in [0, 0.05) is 67.1 Å². The monoisotopic (exact) mass is 868 g/mol. The molecular formula is C36H52O20S2. The fraction of sp³-hybridized carbons (Fsp3) is 0.750. The number of carboxylic acids is 1. The van der Waals surface area contributed by atoms with Crippen molar-refractivity contribution in [2.45, 2.75) is 152 Å². The summed E-state index contributed by atoms with van der Waals surface area (Å²) in [6.45, 7) is 8.11. The van der Waals surface area contributed by atoms with E-state index in [0.717, 1.165) is 78.9 Å². The Bertz CT molecular complexity index is 1470. The van der Waals surface area contributed by atoms with E-state index in [4.69, 9.17) is 47.4 Å². The number of ether oxygens (including phenoxy) is 10. The number of hydrogen-bond acceptors (Lipinski definition) is 21. The minimum atomic E-state index is -1.41. The van der Waals surface area contributed by atoms with Crippen molar-refractivity contribution in [3.05, 3.63) is 0 Å². The summed E-state index contributed by atoms with van der Waals surface area (Å²) in [4.78, 5) is 108. The maximum atomic E-state index is 12.4. The molecule has 58 heavy (non-hydrogen) atoms. The van der Waals surface area contributed by atoms with E-state index in [-0.39, 0.29) is 12.2 Å². The quantitative estimate of drug-likeness (QED) is 0.0982. The molecule has 2 rings (SSSR count). The summed E-state index contributed by atoms with van der Waals surface area (Å²) in [6.07, 6.45) is -9.24. The van der Waals surface area contributed by atoms with Gasteiger partial charge >= 0.3 is 53.7 Å². The van der Waals surface area contributed by atoms with Gasteiger partial charge in [0.1, 0.15) is 36.3 Å². The van der Waals surface area contributed by atoms with Crippen LogP contribution in [0.1, 0.15) is 87.5 Å². The molecule has 0 aromatic carbocycles. The molecule has 0 spiro atoms. The number of carboxylic acid groups (broad SMARTS) is 1. The average molecular weight is 869 g/mol. The van der Waals surface area contributed by atoms with Crippen molar-refractivity contribution in [2.75, 3.05) is 19.0 Å². The van der Waals surface area contributed by atoms with Crippen molar-refractivity contribution in [2.24, 2.45) is 0 Å². The minimum absolute atomic E-state index is 0.115. The number of unbranched alkanes of at least 4 members (excludes halogenated alkanes) is 1. The van der Waals surface area contributed by atoms with Crippen molar-refractivity contribution in [1.82, 2.24) is 0 Å². The second-order valence-corrected chi connectivity index (χ2v) is 15.8. The van der Waals surface area contributed by atoms with Crippen LogP contribution in [0.3, 0.4) is 0 Å². The number of carbonyl (C=O) groups excluding carboxylic acids is 8. The van der Waals surface area contributed by atoms with Crippen LogP contribution < -0.4 is 0 Å². The summed E-state index contributed by atoms with van der Waals surface area (Å²) in [5.41, 5.74) is -2.20. The summed E-state index contributed by atoms with van der Waals surface area (Å²) in [6, 6.07) is 0. The highest BCUT2D eigenvalue weighted by molar-refractivity contribution is 8.01. The van der Waals surface area contributed by atoms with Crippen LogP contribution in [0.4, 0.5) is 0 Å². The lowest BCUT2D eigenvalue weighted by Crippen LogP contribution is -2.61. The summed E-state index contributed by atoms with van der Waals surface area (Å²) in [5.74, 6) is -6.86. The minimum Gasteiger partial charge on any atom is -0.481 e. The van der Waals surface area contributed by atoms with Gasteiger partial charge in [0.25, 0.3) is 0 Å². The summed E-state index contributed by atoms with van der Waals surface area (Å²) < 4.78 is 56.0. The Morgan fingerprint density at radius 2 is 0.879 bits per heavy atom. The average Bonchev–Trinajstić information content (AvgIpc) is 3.08. The zero-order chi connectivity index (χ0) is 43.7. The summed E-state index contributed by atoms with van der Waals surface area (Å²) >= 11 is 2.27. The van der Waals surface area contributed by atoms with Crippen molar-refractivity contribution in [3.8, 4) is 0 Å². The van der Waals surface area contributed by atoms with Gasteiger partial charge in [-0.05, 0) is 25.0 Å². The van der Waals surface area contributed by atoms with Crippen LogP contribution in [-0.4, -0.2) is 143 Å². The molecule has 0 radical (unpaired) electrons. The van der Waals surface area contributed by atoms with Crippen LogP contribution >= 0.6 is 23.5 Å². The van der Waals surface area contributed by atoms with E-state index >= 15 is 0 Å². The topological polar surface area (TPSA) is 266 Å². The van der Waals surface area contributed by atoms with E-state index in [0.29, 0.717) is 25.7 Å². The molecule has 0 saturated carbocycles. The fourth-order valence-corrected chi connectivity index (χ4v) is 8.99. The Labute approximate surface area is 343 Å². The number of thioether (sulfide) groups is 2. The highest BCUT2D eigenvalue weighted by atomic mass is 32.2. The molecule has 2 saturated heterocycles. The number of rotatable bonds is 21. The second-order valence-electron chi connectivity index (χ2n) is 13.2. The predicted molar refractivity (Wildman–Crippen MR) is 198 cm³/mol. The maximum absolute atomic E-state index is 12.4. The van der Waals surface area contributed by atoms with Crippen LogP contribution in [0.2, 0.25) is 0 Å². The van der Waals surface area contributed by atoms with Gasteiger partial charge in [-0.1, -0.05) is 6.42 Å². The first-order valence-corrected chi connectivity index (χ1v) is 20.3. The fourth-order valence-electron chi connectivity index (χ4n) is 6.06. The lowest BCUT2D eigenvalue weighted by atomic mass is 9.99. The number of aliphatic carboxylic acids is 1. The molecule has 2 fully saturated rings. The molecule has 22 heteroatoms. The Morgan fingerprint density at radius 3 is 1.28 bits per heavy atom. The van der Waals surface area contributed by atoms with E-state index < -0.39 is 132 Å². The molecule has 2 aliphatic heterocycles. The van der Waals surface area contributed by atoms with Crippen molar-refractivity contribution < 1.29 is 95.6 Å². The number of carbonyl (C=O) groups is 9. The zero-order valence-electron chi connectivity index (χ0n) is 33.5. The third kappa shape index (κ3) is 17.8. The number of esters is 8. The van der Waals surface area contributed by atoms with Gasteiger partial charge in [0.15, 0.2) is 36.6 Å². The molecule has 2 aliphatic rings. The van der Waals surface area contributed by atoms with Gasteiger partial charge in [-0.3, -0.25) is 43.2 Å². The van der Waals surface area contributed by atoms with E-state index in [1.54, 1.807) is 0 Å². The standard InChI is InChI=1S/C36H52O20S2/c1-17(37)47-15-26-29(49-19(3)39)31(51-21(5)41)33(53-23(7)43)35(55-26)57-14-13-25(11-9-10-12-28(45)46)58-36-34(54-24(8)44)32(52-22(6)42)30(50-20(4)40)27(56-36)16-48-18(2)38/h25-27,29-36H,9-16H2,1-8H3,(H,45,46)/t25?,26-,27-,29-,30-,31+,32+,33-,34-,35+,36+/m1/s1. The first-order valence-electron chi connectivity index (χ1n) is 18.3. The van der Waals surface area contributed by atoms with Gasteiger partial charge in [0.2, 0.25) is 0 Å². The largest absolute Gasteiger partial charge is 0.481 e. The normalized spacial score (nSPS) is 27.1. The lowest BCUT2D eigenvalue weighted by Gasteiger charge is -2.45. The zero-order valence-corrected chi connectivity index (χ0v) is 35.2. The highest BCUT2D eigenvalue weighted by Crippen LogP contribution is 2.40. The Kier molecular flexibility index (Phi) is 21.3. The number of hydrogen-bond donors (Lipinski definition) is 1. The van der Waals surface area contributed by atoms with Gasteiger partial charge in [-0.25, -0.2) is 0 Å². The molecule has 0 aliphatic carbocycles. The lowest BCUT2D eigenvalue weighted by molar-refractivity contribution is -0.237. The van der Waals surface area contributed by atoms with Crippen LogP contribution in [-0.2, 0) is 90.5 Å². The molecule has 0 amide bonds. The van der Waals surface area contributed by atoms with Crippen LogP contribution in [0.15, 0.2) is 0 Å². The van der Waals surface area contributed by atoms with E-state index in [1.165, 1.54) is 0 Å². The third-order valence-corrected chi connectivity index (χ3v) is 10.8. The highest BCUT2D eigenvalue weighted by Gasteiger charge is 2.54. The molecule has 11 atom stereocenters. The molecule has 0 aromatic rings. The van der Waals surface area contributed by atoms with Crippen molar-refractivity contribution in [1.29, 1.82) is 0 Å². The van der Waals surface area contributed by atoms with E-state index in [1.807, 2.05) is 0 Å². The van der Waals surface area contributed by atoms with Crippen LogP contribution in [0.25, 0.3) is 0 Å². The molecule has 0 bridgehead atoms. The van der Waals surface area contributed by atoms with Crippen molar-refractivity contribution in [3.63, 3.8) is 0 Å². The molecule has 20 nitrogen and oxygen atoms in total. The summed E-state index contributed by atoms with van der Waals surface area (Å²) in [5, 5.41) is 8.82. The molecule has 1 unspecified atom stereocenters. The Hall–Kier alpha value is -4.15. The van der Waals surface area contributed by atoms with Crippen molar-refractivity contribution >= 4 is 77.2 Å². The van der Waals surface area contributed by atoms with Gasteiger partial charge in [-0.15, -0.1) is 23.5 Å². The Balaban J connectivity index is 2.52. The molecule has 328 valence electrons. The molecule has 2 heterocycles.